The summed E-state index contributed by atoms with van der Waals surface area (Å²) in [6.07, 6.45) is 6.30. The van der Waals surface area contributed by atoms with Gasteiger partial charge >= 0.3 is 5.97 Å². The van der Waals surface area contributed by atoms with E-state index in [4.69, 9.17) is 4.74 Å². The zero-order valence-electron chi connectivity index (χ0n) is 11.9. The zero-order chi connectivity index (χ0) is 15.5. The third-order valence-corrected chi connectivity index (χ3v) is 3.08. The molecule has 0 bridgehead atoms. The van der Waals surface area contributed by atoms with Gasteiger partial charge in [-0.2, -0.15) is 4.98 Å². The summed E-state index contributed by atoms with van der Waals surface area (Å²) in [5, 5.41) is 4.38. The van der Waals surface area contributed by atoms with E-state index in [2.05, 4.69) is 26.6 Å². The molecule has 7 nitrogen and oxygen atoms in total. The molecule has 0 radical (unpaired) electrons. The van der Waals surface area contributed by atoms with Gasteiger partial charge < -0.3 is 4.74 Å². The number of rotatable bonds is 4. The fourth-order valence-electron chi connectivity index (χ4n) is 1.97. The van der Waals surface area contributed by atoms with E-state index in [1.165, 1.54) is 16.8 Å². The van der Waals surface area contributed by atoms with Gasteiger partial charge in [0.05, 0.1) is 11.3 Å². The van der Waals surface area contributed by atoms with Crippen molar-refractivity contribution in [3.63, 3.8) is 0 Å². The normalized spacial score (nSPS) is 10.6. The van der Waals surface area contributed by atoms with Crippen LogP contribution in [-0.2, 0) is 4.74 Å². The monoisotopic (exact) mass is 295 g/mol. The minimum atomic E-state index is -0.467. The van der Waals surface area contributed by atoms with Gasteiger partial charge in [0.1, 0.15) is 6.61 Å². The van der Waals surface area contributed by atoms with Crippen LogP contribution < -0.4 is 0 Å². The van der Waals surface area contributed by atoms with Crippen LogP contribution in [0.4, 0.5) is 0 Å². The first-order valence-electron chi connectivity index (χ1n) is 6.61. The molecule has 0 atom stereocenters. The molecule has 0 amide bonds. The topological polar surface area (TPSA) is 82.3 Å². The first kappa shape index (κ1) is 13.9. The van der Waals surface area contributed by atoms with E-state index in [1.807, 2.05) is 6.07 Å². The summed E-state index contributed by atoms with van der Waals surface area (Å²) in [4.78, 5) is 24.5. The maximum atomic E-state index is 12.0. The van der Waals surface area contributed by atoms with E-state index in [1.54, 1.807) is 25.4 Å². The number of aryl methyl sites for hydroxylation is 1. The predicted molar refractivity (Wildman–Crippen MR) is 79.2 cm³/mol. The molecule has 0 N–H and O–H groups in total. The molecule has 3 aromatic heterocycles. The average Bonchev–Trinajstić information content (AvgIpc) is 2.99. The van der Waals surface area contributed by atoms with Gasteiger partial charge in [0.2, 0.25) is 0 Å². The Bertz CT molecular complexity index is 842. The Morgan fingerprint density at radius 3 is 3.05 bits per heavy atom. The van der Waals surface area contributed by atoms with E-state index in [0.29, 0.717) is 22.9 Å². The lowest BCUT2D eigenvalue weighted by Crippen LogP contribution is -2.11. The predicted octanol–water partition coefficient (Wildman–Crippen LogP) is 1.84. The second-order valence-corrected chi connectivity index (χ2v) is 4.53. The summed E-state index contributed by atoms with van der Waals surface area (Å²) in [5.41, 5.74) is 1.74. The Labute approximate surface area is 126 Å². The number of ether oxygens (including phenoxy) is 1. The molecule has 3 aromatic rings. The van der Waals surface area contributed by atoms with Gasteiger partial charge in [-0.05, 0) is 19.1 Å². The number of carbonyl (C=O) groups is 1. The second-order valence-electron chi connectivity index (χ2n) is 4.53. The highest BCUT2D eigenvalue weighted by Crippen LogP contribution is 2.16. The summed E-state index contributed by atoms with van der Waals surface area (Å²) < 4.78 is 6.55. The molecule has 0 saturated carbocycles. The van der Waals surface area contributed by atoms with Gasteiger partial charge in [0, 0.05) is 24.2 Å². The first-order chi connectivity index (χ1) is 10.7. The van der Waals surface area contributed by atoms with E-state index in [9.17, 15) is 4.79 Å². The maximum Gasteiger partial charge on any atom is 0.341 e. The Kier molecular flexibility index (Phi) is 3.61. The fourth-order valence-corrected chi connectivity index (χ4v) is 1.97. The molecule has 7 heteroatoms. The van der Waals surface area contributed by atoms with Crippen LogP contribution >= 0.6 is 0 Å². The molecule has 0 saturated heterocycles. The maximum absolute atomic E-state index is 12.0. The minimum Gasteiger partial charge on any atom is -0.458 e. The van der Waals surface area contributed by atoms with Crippen molar-refractivity contribution in [2.24, 2.45) is 0 Å². The van der Waals surface area contributed by atoms with Crippen molar-refractivity contribution in [3.05, 3.63) is 54.6 Å². The SMILES string of the molecule is C=CCOC(=O)c1cnc2nc(-c3cccnc3)nn2c1C. The van der Waals surface area contributed by atoms with Gasteiger partial charge in [-0.25, -0.2) is 14.3 Å². The van der Waals surface area contributed by atoms with Gasteiger partial charge in [0.25, 0.3) is 5.78 Å². The van der Waals surface area contributed by atoms with Crippen molar-refractivity contribution in [2.75, 3.05) is 6.61 Å². The molecular formula is C15H13N5O2. The van der Waals surface area contributed by atoms with Crippen molar-refractivity contribution in [1.82, 2.24) is 24.6 Å². The van der Waals surface area contributed by atoms with E-state index < -0.39 is 5.97 Å². The van der Waals surface area contributed by atoms with Crippen molar-refractivity contribution in [1.29, 1.82) is 0 Å². The molecule has 0 aliphatic heterocycles. The highest BCUT2D eigenvalue weighted by Gasteiger charge is 2.16. The summed E-state index contributed by atoms with van der Waals surface area (Å²) in [5.74, 6) is 0.446. The lowest BCUT2D eigenvalue weighted by atomic mass is 10.2. The van der Waals surface area contributed by atoms with Crippen LogP contribution in [0.15, 0.2) is 43.4 Å². The third-order valence-electron chi connectivity index (χ3n) is 3.08. The Balaban J connectivity index is 2.04. The molecular weight excluding hydrogens is 282 g/mol. The second kappa shape index (κ2) is 5.72. The Morgan fingerprint density at radius 1 is 1.45 bits per heavy atom. The van der Waals surface area contributed by atoms with Crippen LogP contribution in [0, 0.1) is 6.92 Å². The zero-order valence-corrected chi connectivity index (χ0v) is 11.9. The number of esters is 1. The molecule has 0 unspecified atom stereocenters. The first-order valence-corrected chi connectivity index (χ1v) is 6.61. The number of pyridine rings is 1. The lowest BCUT2D eigenvalue weighted by molar-refractivity contribution is 0.0547. The number of carbonyl (C=O) groups excluding carboxylic acids is 1. The highest BCUT2D eigenvalue weighted by atomic mass is 16.5. The van der Waals surface area contributed by atoms with Crippen LogP contribution in [0.1, 0.15) is 16.1 Å². The molecule has 3 heterocycles. The number of hydrogen-bond donors (Lipinski definition) is 0. The smallest absolute Gasteiger partial charge is 0.341 e. The molecule has 0 aromatic carbocycles. The van der Waals surface area contributed by atoms with Gasteiger partial charge in [-0.1, -0.05) is 12.7 Å². The van der Waals surface area contributed by atoms with E-state index in [0.717, 1.165) is 5.56 Å². The molecule has 3 rings (SSSR count). The molecule has 0 aliphatic carbocycles. The van der Waals surface area contributed by atoms with Crippen molar-refractivity contribution in [3.8, 4) is 11.4 Å². The molecule has 22 heavy (non-hydrogen) atoms. The average molecular weight is 295 g/mol. The van der Waals surface area contributed by atoms with E-state index >= 15 is 0 Å². The van der Waals surface area contributed by atoms with Gasteiger partial charge in [-0.3, -0.25) is 4.98 Å². The van der Waals surface area contributed by atoms with Gasteiger partial charge in [-0.15, -0.1) is 5.10 Å². The van der Waals surface area contributed by atoms with Crippen molar-refractivity contribution in [2.45, 2.75) is 6.92 Å². The number of hydrogen-bond acceptors (Lipinski definition) is 6. The summed E-state index contributed by atoms with van der Waals surface area (Å²) >= 11 is 0. The van der Waals surface area contributed by atoms with Crippen LogP contribution in [0.25, 0.3) is 17.2 Å². The van der Waals surface area contributed by atoms with Crippen LogP contribution in [0.5, 0.6) is 0 Å². The van der Waals surface area contributed by atoms with Crippen LogP contribution in [0.2, 0.25) is 0 Å². The molecule has 0 fully saturated rings. The Morgan fingerprint density at radius 2 is 2.32 bits per heavy atom. The largest absolute Gasteiger partial charge is 0.458 e. The third kappa shape index (κ3) is 2.44. The fraction of sp³-hybridized carbons (Fsp3) is 0.133. The summed E-state index contributed by atoms with van der Waals surface area (Å²) in [6.45, 7) is 5.42. The summed E-state index contributed by atoms with van der Waals surface area (Å²) in [7, 11) is 0. The standard InChI is InChI=1S/C15H13N5O2/c1-3-7-22-14(21)12-9-17-15-18-13(19-20(15)10(12)2)11-5-4-6-16-8-11/h3-6,8-9H,1,7H2,2H3. The molecule has 110 valence electrons. The number of fused-ring (bicyclic) bond motifs is 1. The molecule has 0 spiro atoms. The van der Waals surface area contributed by atoms with Crippen molar-refractivity contribution < 1.29 is 9.53 Å². The summed E-state index contributed by atoms with van der Waals surface area (Å²) in [6, 6.07) is 3.66. The van der Waals surface area contributed by atoms with Crippen LogP contribution in [0.3, 0.4) is 0 Å². The quantitative estimate of drug-likeness (QED) is 0.539. The lowest BCUT2D eigenvalue weighted by Gasteiger charge is -2.05. The Hall–Kier alpha value is -3.09. The minimum absolute atomic E-state index is 0.147. The van der Waals surface area contributed by atoms with E-state index in [-0.39, 0.29) is 6.61 Å². The number of aromatic nitrogens is 5. The van der Waals surface area contributed by atoms with Crippen LogP contribution in [-0.4, -0.2) is 37.1 Å². The van der Waals surface area contributed by atoms with Gasteiger partial charge in [0.15, 0.2) is 5.82 Å². The van der Waals surface area contributed by atoms with Crippen molar-refractivity contribution >= 4 is 11.7 Å². The number of nitrogens with zero attached hydrogens (tertiary/aromatic N) is 5. The highest BCUT2D eigenvalue weighted by molar-refractivity contribution is 5.90. The molecule has 0 aliphatic rings.